The van der Waals surface area contributed by atoms with E-state index in [1.54, 1.807) is 23.1 Å². The van der Waals surface area contributed by atoms with Crippen LogP contribution >= 0.6 is 0 Å². The highest BCUT2D eigenvalue weighted by molar-refractivity contribution is 5.96. The average molecular weight is 284 g/mol. The topological polar surface area (TPSA) is 46.3 Å². The van der Waals surface area contributed by atoms with Crippen molar-refractivity contribution in [3.05, 3.63) is 59.4 Å². The molecule has 3 nitrogen and oxygen atoms in total. The predicted molar refractivity (Wildman–Crippen MR) is 81.6 cm³/mol. The lowest BCUT2D eigenvalue weighted by Gasteiger charge is -2.30. The van der Waals surface area contributed by atoms with Gasteiger partial charge in [0.1, 0.15) is 5.82 Å². The van der Waals surface area contributed by atoms with E-state index in [1.807, 2.05) is 18.2 Å². The third-order valence-corrected chi connectivity index (χ3v) is 3.89. The average Bonchev–Trinajstić information content (AvgIpc) is 2.49. The fourth-order valence-corrected chi connectivity index (χ4v) is 2.81. The van der Waals surface area contributed by atoms with Crippen LogP contribution in [-0.2, 0) is 17.6 Å². The number of nitrogen functional groups attached to an aromatic ring is 1. The molecular weight excluding hydrogens is 267 g/mol. The highest BCUT2D eigenvalue weighted by Crippen LogP contribution is 2.31. The lowest BCUT2D eigenvalue weighted by Crippen LogP contribution is -2.36. The van der Waals surface area contributed by atoms with Crippen LogP contribution in [0.5, 0.6) is 0 Å². The van der Waals surface area contributed by atoms with Crippen LogP contribution in [0.25, 0.3) is 0 Å². The zero-order valence-corrected chi connectivity index (χ0v) is 11.7. The van der Waals surface area contributed by atoms with E-state index in [0.717, 1.165) is 29.8 Å². The van der Waals surface area contributed by atoms with Gasteiger partial charge in [-0.1, -0.05) is 24.3 Å². The minimum atomic E-state index is -0.337. The third kappa shape index (κ3) is 2.61. The molecule has 108 valence electrons. The first kappa shape index (κ1) is 13.6. The first-order chi connectivity index (χ1) is 10.2. The van der Waals surface area contributed by atoms with Gasteiger partial charge in [-0.25, -0.2) is 4.39 Å². The quantitative estimate of drug-likeness (QED) is 0.862. The summed E-state index contributed by atoms with van der Waals surface area (Å²) >= 11 is 0. The smallest absolute Gasteiger partial charge is 0.231 e. The van der Waals surface area contributed by atoms with Crippen molar-refractivity contribution in [1.82, 2.24) is 0 Å². The highest BCUT2D eigenvalue weighted by Gasteiger charge is 2.24. The summed E-state index contributed by atoms with van der Waals surface area (Å²) in [5.41, 5.74) is 9.01. The molecule has 0 saturated heterocycles. The van der Waals surface area contributed by atoms with Gasteiger partial charge in [0.2, 0.25) is 5.91 Å². The van der Waals surface area contributed by atoms with E-state index in [4.69, 9.17) is 5.73 Å². The highest BCUT2D eigenvalue weighted by atomic mass is 19.1. The number of carbonyl (C=O) groups excluding carboxylic acids is 1. The van der Waals surface area contributed by atoms with Crippen molar-refractivity contribution in [3.8, 4) is 0 Å². The van der Waals surface area contributed by atoms with Gasteiger partial charge in [-0.3, -0.25) is 4.79 Å². The van der Waals surface area contributed by atoms with E-state index in [-0.39, 0.29) is 18.1 Å². The first-order valence-corrected chi connectivity index (χ1v) is 7.08. The van der Waals surface area contributed by atoms with Crippen LogP contribution in [0, 0.1) is 5.82 Å². The normalized spacial score (nSPS) is 13.9. The number of hydrogen-bond donors (Lipinski definition) is 1. The largest absolute Gasteiger partial charge is 0.398 e. The summed E-state index contributed by atoms with van der Waals surface area (Å²) in [5, 5.41) is 0. The molecule has 1 aliphatic rings. The molecule has 1 amide bonds. The molecule has 0 aromatic heterocycles. The lowest BCUT2D eigenvalue weighted by atomic mass is 9.99. The molecule has 0 unspecified atom stereocenters. The van der Waals surface area contributed by atoms with Crippen LogP contribution in [0.2, 0.25) is 0 Å². The number of hydrogen-bond acceptors (Lipinski definition) is 2. The number of amides is 1. The zero-order valence-electron chi connectivity index (χ0n) is 11.7. The molecule has 21 heavy (non-hydrogen) atoms. The fourth-order valence-electron chi connectivity index (χ4n) is 2.81. The second-order valence-electron chi connectivity index (χ2n) is 5.26. The molecule has 0 aliphatic carbocycles. The van der Waals surface area contributed by atoms with E-state index < -0.39 is 0 Å². The molecular formula is C17H17FN2O. The predicted octanol–water partition coefficient (Wildman–Crippen LogP) is 2.93. The van der Waals surface area contributed by atoms with Gasteiger partial charge >= 0.3 is 0 Å². The Morgan fingerprint density at radius 1 is 1.19 bits per heavy atom. The summed E-state index contributed by atoms with van der Waals surface area (Å²) in [4.78, 5) is 14.2. The number of halogens is 1. The Hall–Kier alpha value is -2.36. The summed E-state index contributed by atoms with van der Waals surface area (Å²) in [6.07, 6.45) is 1.83. The maximum Gasteiger partial charge on any atom is 0.231 e. The molecule has 0 bridgehead atoms. The van der Waals surface area contributed by atoms with Crippen molar-refractivity contribution in [2.24, 2.45) is 0 Å². The van der Waals surface area contributed by atoms with E-state index in [9.17, 15) is 9.18 Å². The third-order valence-electron chi connectivity index (χ3n) is 3.89. The van der Waals surface area contributed by atoms with Gasteiger partial charge < -0.3 is 10.6 Å². The number of nitrogens with two attached hydrogens (primary N) is 1. The molecule has 0 saturated carbocycles. The van der Waals surface area contributed by atoms with Crippen LogP contribution in [0.1, 0.15) is 17.5 Å². The first-order valence-electron chi connectivity index (χ1n) is 7.08. The van der Waals surface area contributed by atoms with Crippen molar-refractivity contribution >= 4 is 17.3 Å². The van der Waals surface area contributed by atoms with Crippen molar-refractivity contribution in [1.29, 1.82) is 0 Å². The Morgan fingerprint density at radius 2 is 2.00 bits per heavy atom. The van der Waals surface area contributed by atoms with Gasteiger partial charge in [0, 0.05) is 17.9 Å². The van der Waals surface area contributed by atoms with Gasteiger partial charge in [-0.15, -0.1) is 0 Å². The fraction of sp³-hybridized carbons (Fsp3) is 0.235. The van der Waals surface area contributed by atoms with Crippen LogP contribution in [-0.4, -0.2) is 12.5 Å². The van der Waals surface area contributed by atoms with Gasteiger partial charge in [-0.2, -0.15) is 0 Å². The number of nitrogens with zero attached hydrogens (tertiary/aromatic N) is 1. The van der Waals surface area contributed by atoms with E-state index >= 15 is 0 Å². The molecule has 3 rings (SSSR count). The number of carbonyl (C=O) groups is 1. The van der Waals surface area contributed by atoms with Crippen molar-refractivity contribution in [2.75, 3.05) is 17.2 Å². The van der Waals surface area contributed by atoms with E-state index in [2.05, 4.69) is 0 Å². The van der Waals surface area contributed by atoms with Crippen LogP contribution in [0.3, 0.4) is 0 Å². The van der Waals surface area contributed by atoms with E-state index in [0.29, 0.717) is 12.1 Å². The number of fused-ring (bicyclic) bond motifs is 1. The number of anilines is 2. The van der Waals surface area contributed by atoms with Crippen LogP contribution < -0.4 is 10.6 Å². The van der Waals surface area contributed by atoms with Crippen LogP contribution in [0.15, 0.2) is 42.5 Å². The molecule has 0 fully saturated rings. The Kier molecular flexibility index (Phi) is 3.60. The summed E-state index contributed by atoms with van der Waals surface area (Å²) < 4.78 is 13.7. The van der Waals surface area contributed by atoms with Crippen molar-refractivity contribution in [3.63, 3.8) is 0 Å². The van der Waals surface area contributed by atoms with Crippen LogP contribution in [0.4, 0.5) is 15.8 Å². The number of benzene rings is 2. The summed E-state index contributed by atoms with van der Waals surface area (Å²) in [6.45, 7) is 0.656. The maximum absolute atomic E-state index is 13.7. The minimum Gasteiger partial charge on any atom is -0.398 e. The van der Waals surface area contributed by atoms with Crippen molar-refractivity contribution in [2.45, 2.75) is 19.3 Å². The van der Waals surface area contributed by atoms with Gasteiger partial charge in [-0.05, 0) is 42.2 Å². The standard InChI is InChI=1S/C17H17FN2O/c18-14-7-2-1-5-12(14)11-17(21)20-10-4-6-13-15(19)8-3-9-16(13)20/h1-3,5,7-9H,4,6,10-11,19H2. The monoisotopic (exact) mass is 284 g/mol. The molecule has 2 aromatic rings. The lowest BCUT2D eigenvalue weighted by molar-refractivity contribution is -0.118. The molecule has 1 heterocycles. The second kappa shape index (κ2) is 5.56. The molecule has 0 atom stereocenters. The molecule has 0 spiro atoms. The summed E-state index contributed by atoms with van der Waals surface area (Å²) in [5.74, 6) is -0.428. The Morgan fingerprint density at radius 3 is 2.81 bits per heavy atom. The summed E-state index contributed by atoms with van der Waals surface area (Å²) in [6, 6.07) is 12.0. The molecule has 4 heteroatoms. The van der Waals surface area contributed by atoms with Gasteiger partial charge in [0.05, 0.1) is 6.42 Å². The molecule has 2 N–H and O–H groups in total. The van der Waals surface area contributed by atoms with Crippen molar-refractivity contribution < 1.29 is 9.18 Å². The second-order valence-corrected chi connectivity index (χ2v) is 5.26. The Labute approximate surface area is 123 Å². The molecule has 2 aromatic carbocycles. The Bertz CT molecular complexity index is 684. The SMILES string of the molecule is Nc1cccc2c1CCCN2C(=O)Cc1ccccc1F. The number of rotatable bonds is 2. The Balaban J connectivity index is 1.87. The van der Waals surface area contributed by atoms with E-state index in [1.165, 1.54) is 6.07 Å². The summed E-state index contributed by atoms with van der Waals surface area (Å²) in [7, 11) is 0. The molecule has 1 aliphatic heterocycles. The zero-order chi connectivity index (χ0) is 14.8. The molecule has 0 radical (unpaired) electrons. The van der Waals surface area contributed by atoms with Gasteiger partial charge in [0.15, 0.2) is 0 Å². The maximum atomic E-state index is 13.7. The minimum absolute atomic E-state index is 0.0703. The van der Waals surface area contributed by atoms with Gasteiger partial charge in [0.25, 0.3) is 0 Å².